The van der Waals surface area contributed by atoms with Gasteiger partial charge in [-0.2, -0.15) is 22.5 Å². The Kier molecular flexibility index (Phi) is 4.15. The molecule has 9 heteroatoms. The molecule has 0 atom stereocenters. The van der Waals surface area contributed by atoms with Gasteiger partial charge in [-0.1, -0.05) is 11.6 Å². The predicted molar refractivity (Wildman–Crippen MR) is 82.3 cm³/mol. The van der Waals surface area contributed by atoms with Gasteiger partial charge in [-0.15, -0.1) is 10.2 Å². The molecule has 0 saturated carbocycles. The van der Waals surface area contributed by atoms with Gasteiger partial charge < -0.3 is 9.67 Å². The summed E-state index contributed by atoms with van der Waals surface area (Å²) in [6.07, 6.45) is 0. The van der Waals surface area contributed by atoms with Crippen LogP contribution in [0.2, 0.25) is 0 Å². The van der Waals surface area contributed by atoms with Gasteiger partial charge in [0.1, 0.15) is 0 Å². The smallest absolute Gasteiger partial charge is 0.254 e. The molecule has 2 heterocycles. The minimum Gasteiger partial charge on any atom is -0.493 e. The van der Waals surface area contributed by atoms with E-state index in [0.29, 0.717) is 17.4 Å². The summed E-state index contributed by atoms with van der Waals surface area (Å²) in [5.41, 5.74) is 0.176. The average molecular weight is 352 g/mol. The summed E-state index contributed by atoms with van der Waals surface area (Å²) < 4.78 is 55.1. The molecule has 0 aliphatic carbocycles. The topological polar surface area (TPSA) is 62.8 Å². The van der Waals surface area contributed by atoms with Crippen LogP contribution in [0.15, 0.2) is 28.4 Å². The highest BCUT2D eigenvalue weighted by molar-refractivity contribution is 5.95. The molecule has 0 radical (unpaired) electrons. The zero-order chi connectivity index (χ0) is 18.3. The molecule has 1 aromatic carbocycles. The standard InChI is InChI=1S/C16H12F4N4O/c1-3-24-9-5-4-7(2)6-8(9)12(16(24)25)22-23-13-10(17)14(19)21-15(20)11(13)18/h4-6,25H,3H2,1-2H3. The molecule has 0 saturated heterocycles. The lowest BCUT2D eigenvalue weighted by Crippen LogP contribution is -1.98. The van der Waals surface area contributed by atoms with Crippen molar-refractivity contribution < 1.29 is 22.7 Å². The molecular weight excluding hydrogens is 340 g/mol. The monoisotopic (exact) mass is 352 g/mol. The van der Waals surface area contributed by atoms with E-state index in [9.17, 15) is 22.7 Å². The van der Waals surface area contributed by atoms with Gasteiger partial charge in [0.25, 0.3) is 11.9 Å². The molecule has 0 amide bonds. The zero-order valence-electron chi connectivity index (χ0n) is 13.2. The average Bonchev–Trinajstić information content (AvgIpc) is 2.83. The zero-order valence-corrected chi connectivity index (χ0v) is 13.2. The van der Waals surface area contributed by atoms with E-state index < -0.39 is 29.2 Å². The minimum absolute atomic E-state index is 0.0584. The van der Waals surface area contributed by atoms with Gasteiger partial charge in [0.05, 0.1) is 5.52 Å². The van der Waals surface area contributed by atoms with E-state index in [4.69, 9.17) is 0 Å². The van der Waals surface area contributed by atoms with E-state index in [1.807, 2.05) is 13.0 Å². The van der Waals surface area contributed by atoms with Crippen molar-refractivity contribution in [3.05, 3.63) is 47.3 Å². The molecule has 0 fully saturated rings. The van der Waals surface area contributed by atoms with Crippen LogP contribution in [-0.4, -0.2) is 14.7 Å². The SMILES string of the molecule is CCn1c(O)c(N=Nc2c(F)c(F)nc(F)c2F)c2cc(C)ccc21. The van der Waals surface area contributed by atoms with Gasteiger partial charge in [0, 0.05) is 11.9 Å². The predicted octanol–water partition coefficient (Wildman–Crippen LogP) is 5.04. The molecule has 1 N–H and O–H groups in total. The molecule has 0 spiro atoms. The van der Waals surface area contributed by atoms with Crippen molar-refractivity contribution in [1.29, 1.82) is 0 Å². The van der Waals surface area contributed by atoms with Crippen LogP contribution in [0.25, 0.3) is 10.9 Å². The third kappa shape index (κ3) is 2.71. The van der Waals surface area contributed by atoms with Crippen LogP contribution in [0, 0.1) is 30.5 Å². The molecule has 0 aliphatic rings. The Balaban J connectivity index is 2.21. The van der Waals surface area contributed by atoms with E-state index in [1.54, 1.807) is 19.1 Å². The number of aromatic nitrogens is 2. The second-order valence-corrected chi connectivity index (χ2v) is 5.31. The van der Waals surface area contributed by atoms with Crippen LogP contribution in [-0.2, 0) is 6.54 Å². The fraction of sp³-hybridized carbons (Fsp3) is 0.188. The molecule has 5 nitrogen and oxygen atoms in total. The van der Waals surface area contributed by atoms with E-state index >= 15 is 0 Å². The maximum atomic E-state index is 13.6. The quantitative estimate of drug-likeness (QED) is 0.408. The maximum absolute atomic E-state index is 13.6. The van der Waals surface area contributed by atoms with Crippen molar-refractivity contribution >= 4 is 22.3 Å². The Labute approximate surface area is 139 Å². The maximum Gasteiger partial charge on any atom is 0.254 e. The number of halogens is 4. The van der Waals surface area contributed by atoms with Crippen LogP contribution >= 0.6 is 0 Å². The van der Waals surface area contributed by atoms with Crippen molar-refractivity contribution in [2.24, 2.45) is 10.2 Å². The van der Waals surface area contributed by atoms with E-state index in [-0.39, 0.29) is 11.6 Å². The number of azo groups is 1. The molecule has 0 unspecified atom stereocenters. The lowest BCUT2D eigenvalue weighted by molar-refractivity contribution is 0.409. The first-order chi connectivity index (χ1) is 11.8. The summed E-state index contributed by atoms with van der Waals surface area (Å²) in [5, 5.41) is 17.7. The fourth-order valence-corrected chi connectivity index (χ4v) is 2.52. The van der Waals surface area contributed by atoms with Crippen LogP contribution in [0.4, 0.5) is 28.9 Å². The summed E-state index contributed by atoms with van der Waals surface area (Å²) >= 11 is 0. The number of fused-ring (bicyclic) bond motifs is 1. The summed E-state index contributed by atoms with van der Waals surface area (Å²) in [4.78, 5) is 2.45. The van der Waals surface area contributed by atoms with Gasteiger partial charge in [-0.3, -0.25) is 0 Å². The van der Waals surface area contributed by atoms with Gasteiger partial charge in [-0.05, 0) is 26.0 Å². The molecule has 25 heavy (non-hydrogen) atoms. The largest absolute Gasteiger partial charge is 0.493 e. The Bertz CT molecular complexity index is 987. The minimum atomic E-state index is -1.83. The van der Waals surface area contributed by atoms with Crippen LogP contribution in [0.5, 0.6) is 5.88 Å². The summed E-state index contributed by atoms with van der Waals surface area (Å²) in [5.74, 6) is -7.47. The number of hydrogen-bond donors (Lipinski definition) is 1. The molecule has 130 valence electrons. The first kappa shape index (κ1) is 16.9. The van der Waals surface area contributed by atoms with Crippen molar-refractivity contribution in [3.63, 3.8) is 0 Å². The Hall–Kier alpha value is -2.97. The van der Waals surface area contributed by atoms with Gasteiger partial charge >= 0.3 is 0 Å². The first-order valence-corrected chi connectivity index (χ1v) is 7.28. The van der Waals surface area contributed by atoms with Gasteiger partial charge in [-0.25, -0.2) is 0 Å². The highest BCUT2D eigenvalue weighted by Gasteiger charge is 2.22. The highest BCUT2D eigenvalue weighted by atomic mass is 19.2. The van der Waals surface area contributed by atoms with Crippen molar-refractivity contribution in [3.8, 4) is 5.88 Å². The summed E-state index contributed by atoms with van der Waals surface area (Å²) in [7, 11) is 0. The Morgan fingerprint density at radius 3 is 2.24 bits per heavy atom. The number of pyridine rings is 1. The molecule has 0 aliphatic heterocycles. The Morgan fingerprint density at radius 2 is 1.64 bits per heavy atom. The first-order valence-electron chi connectivity index (χ1n) is 7.28. The second kappa shape index (κ2) is 6.15. The fourth-order valence-electron chi connectivity index (χ4n) is 2.52. The molecular formula is C16H12F4N4O. The number of aromatic hydroxyl groups is 1. The van der Waals surface area contributed by atoms with Gasteiger partial charge in [0.2, 0.25) is 17.5 Å². The number of benzene rings is 1. The van der Waals surface area contributed by atoms with E-state index in [1.165, 1.54) is 4.57 Å². The van der Waals surface area contributed by atoms with Crippen molar-refractivity contribution in [2.45, 2.75) is 20.4 Å². The third-order valence-electron chi connectivity index (χ3n) is 3.71. The van der Waals surface area contributed by atoms with Crippen LogP contribution in [0.1, 0.15) is 12.5 Å². The highest BCUT2D eigenvalue weighted by Crippen LogP contribution is 2.40. The Morgan fingerprint density at radius 1 is 1.04 bits per heavy atom. The number of hydrogen-bond acceptors (Lipinski definition) is 4. The number of rotatable bonds is 3. The number of nitrogens with zero attached hydrogens (tertiary/aromatic N) is 4. The van der Waals surface area contributed by atoms with Gasteiger partial charge in [0.15, 0.2) is 11.4 Å². The van der Waals surface area contributed by atoms with Crippen molar-refractivity contribution in [2.75, 3.05) is 0 Å². The molecule has 3 rings (SSSR count). The van der Waals surface area contributed by atoms with E-state index in [0.717, 1.165) is 5.56 Å². The molecule has 3 aromatic rings. The van der Waals surface area contributed by atoms with E-state index in [2.05, 4.69) is 15.2 Å². The number of aryl methyl sites for hydroxylation is 2. The summed E-state index contributed by atoms with van der Waals surface area (Å²) in [6, 6.07) is 5.28. The lowest BCUT2D eigenvalue weighted by Gasteiger charge is -2.01. The van der Waals surface area contributed by atoms with Crippen LogP contribution < -0.4 is 0 Å². The lowest BCUT2D eigenvalue weighted by atomic mass is 10.1. The normalized spacial score (nSPS) is 11.8. The third-order valence-corrected chi connectivity index (χ3v) is 3.71. The van der Waals surface area contributed by atoms with Crippen LogP contribution in [0.3, 0.4) is 0 Å². The molecule has 2 aromatic heterocycles. The molecule has 0 bridgehead atoms. The second-order valence-electron chi connectivity index (χ2n) is 5.31. The summed E-state index contributed by atoms with van der Waals surface area (Å²) in [6.45, 7) is 4.00. The van der Waals surface area contributed by atoms with Crippen molar-refractivity contribution in [1.82, 2.24) is 9.55 Å².